The molecule has 0 radical (unpaired) electrons. The van der Waals surface area contributed by atoms with Gasteiger partial charge in [0.2, 0.25) is 0 Å². The molecule has 2 aromatic rings. The van der Waals surface area contributed by atoms with E-state index in [1.54, 1.807) is 12.1 Å². The summed E-state index contributed by atoms with van der Waals surface area (Å²) in [5.74, 6) is -0.462. The van der Waals surface area contributed by atoms with Crippen LogP contribution in [0.25, 0.3) is 11.1 Å². The zero-order chi connectivity index (χ0) is 14.7. The second-order valence-electron chi connectivity index (χ2n) is 4.21. The molecular formula is C15H15F2NO2. The summed E-state index contributed by atoms with van der Waals surface area (Å²) < 4.78 is 37.5. The van der Waals surface area contributed by atoms with Crippen molar-refractivity contribution in [2.24, 2.45) is 5.73 Å². The van der Waals surface area contributed by atoms with Crippen molar-refractivity contribution in [3.05, 3.63) is 47.5 Å². The molecule has 5 heteroatoms. The van der Waals surface area contributed by atoms with E-state index in [-0.39, 0.29) is 12.1 Å². The van der Waals surface area contributed by atoms with E-state index in [4.69, 9.17) is 15.2 Å². The van der Waals surface area contributed by atoms with Crippen LogP contribution < -0.4 is 15.2 Å². The maximum absolute atomic E-state index is 14.0. The molecule has 0 aliphatic heterocycles. The zero-order valence-corrected chi connectivity index (χ0v) is 11.2. The van der Waals surface area contributed by atoms with Crippen LogP contribution in [0.15, 0.2) is 30.3 Å². The van der Waals surface area contributed by atoms with Gasteiger partial charge in [0.05, 0.1) is 14.2 Å². The molecule has 0 saturated carbocycles. The molecule has 3 nitrogen and oxygen atoms in total. The third kappa shape index (κ3) is 2.58. The van der Waals surface area contributed by atoms with Gasteiger partial charge in [0, 0.05) is 23.7 Å². The Balaban J connectivity index is 2.70. The predicted molar refractivity (Wildman–Crippen MR) is 72.8 cm³/mol. The molecule has 0 aliphatic rings. The van der Waals surface area contributed by atoms with Crippen LogP contribution in [0.4, 0.5) is 8.78 Å². The Morgan fingerprint density at radius 1 is 1.00 bits per heavy atom. The maximum Gasteiger partial charge on any atom is 0.168 e. The fraction of sp³-hybridized carbons (Fsp3) is 0.200. The van der Waals surface area contributed by atoms with E-state index in [1.165, 1.54) is 26.4 Å². The van der Waals surface area contributed by atoms with Crippen molar-refractivity contribution >= 4 is 0 Å². The number of rotatable bonds is 4. The fourth-order valence-corrected chi connectivity index (χ4v) is 2.05. The Morgan fingerprint density at radius 3 is 2.30 bits per heavy atom. The van der Waals surface area contributed by atoms with Crippen LogP contribution in [-0.2, 0) is 6.54 Å². The average molecular weight is 279 g/mol. The van der Waals surface area contributed by atoms with E-state index in [1.807, 2.05) is 0 Å². The molecule has 0 aromatic heterocycles. The van der Waals surface area contributed by atoms with E-state index in [2.05, 4.69) is 0 Å². The fourth-order valence-electron chi connectivity index (χ4n) is 2.05. The summed E-state index contributed by atoms with van der Waals surface area (Å²) in [6.07, 6.45) is 0. The van der Waals surface area contributed by atoms with Gasteiger partial charge in [-0.15, -0.1) is 0 Å². The van der Waals surface area contributed by atoms with Crippen molar-refractivity contribution < 1.29 is 18.3 Å². The number of ether oxygens (including phenoxy) is 2. The van der Waals surface area contributed by atoms with Gasteiger partial charge in [0.15, 0.2) is 11.5 Å². The number of hydrogen-bond acceptors (Lipinski definition) is 3. The lowest BCUT2D eigenvalue weighted by Crippen LogP contribution is -2.01. The number of nitrogens with two attached hydrogens (primary N) is 1. The Labute approximate surface area is 115 Å². The summed E-state index contributed by atoms with van der Waals surface area (Å²) in [7, 11) is 2.95. The van der Waals surface area contributed by atoms with Crippen molar-refractivity contribution in [1.82, 2.24) is 0 Å². The van der Waals surface area contributed by atoms with Crippen molar-refractivity contribution in [2.45, 2.75) is 6.54 Å². The zero-order valence-electron chi connectivity index (χ0n) is 11.2. The molecule has 20 heavy (non-hydrogen) atoms. The van der Waals surface area contributed by atoms with Gasteiger partial charge in [0.25, 0.3) is 0 Å². The van der Waals surface area contributed by atoms with E-state index >= 15 is 0 Å². The quantitative estimate of drug-likeness (QED) is 0.935. The number of benzene rings is 2. The molecule has 0 bridgehead atoms. The van der Waals surface area contributed by atoms with Crippen molar-refractivity contribution in [2.75, 3.05) is 14.2 Å². The lowest BCUT2D eigenvalue weighted by atomic mass is 10.0. The molecule has 0 fully saturated rings. The molecule has 2 aromatic carbocycles. The summed E-state index contributed by atoms with van der Waals surface area (Å²) in [6, 6.07) is 6.82. The number of halogens is 2. The Bertz CT molecular complexity index is 630. The molecule has 2 N–H and O–H groups in total. The van der Waals surface area contributed by atoms with E-state index in [0.29, 0.717) is 17.1 Å². The van der Waals surface area contributed by atoms with E-state index in [0.717, 1.165) is 11.6 Å². The molecule has 0 saturated heterocycles. The highest BCUT2D eigenvalue weighted by atomic mass is 19.1. The topological polar surface area (TPSA) is 44.5 Å². The standard InChI is InChI=1S/C15H15F2NO2/c1-19-14-6-9(8-18)5-12(15(14)20-2)11-4-3-10(16)7-13(11)17/h3-7H,8,18H2,1-2H3. The van der Waals surface area contributed by atoms with Gasteiger partial charge in [-0.2, -0.15) is 0 Å². The highest BCUT2D eigenvalue weighted by molar-refractivity contribution is 5.75. The molecule has 0 spiro atoms. The first-order valence-corrected chi connectivity index (χ1v) is 6.01. The maximum atomic E-state index is 14.0. The molecule has 0 heterocycles. The van der Waals surface area contributed by atoms with Crippen LogP contribution in [0.2, 0.25) is 0 Å². The van der Waals surface area contributed by atoms with Gasteiger partial charge in [-0.1, -0.05) is 0 Å². The first kappa shape index (κ1) is 14.3. The van der Waals surface area contributed by atoms with Crippen LogP contribution in [0.3, 0.4) is 0 Å². The van der Waals surface area contributed by atoms with Gasteiger partial charge in [0.1, 0.15) is 11.6 Å². The summed E-state index contributed by atoms with van der Waals surface area (Å²) in [4.78, 5) is 0. The third-order valence-electron chi connectivity index (χ3n) is 3.00. The Kier molecular flexibility index (Phi) is 4.20. The van der Waals surface area contributed by atoms with Crippen LogP contribution >= 0.6 is 0 Å². The summed E-state index contributed by atoms with van der Waals surface area (Å²) >= 11 is 0. The van der Waals surface area contributed by atoms with Crippen molar-refractivity contribution in [1.29, 1.82) is 0 Å². The van der Waals surface area contributed by atoms with Gasteiger partial charge in [-0.3, -0.25) is 0 Å². The summed E-state index contributed by atoms with van der Waals surface area (Å²) in [6.45, 7) is 0.274. The predicted octanol–water partition coefficient (Wildman–Crippen LogP) is 3.11. The van der Waals surface area contributed by atoms with Gasteiger partial charge in [-0.25, -0.2) is 8.78 Å². The molecule has 106 valence electrons. The summed E-state index contributed by atoms with van der Waals surface area (Å²) in [5.41, 5.74) is 7.10. The van der Waals surface area contributed by atoms with Crippen LogP contribution in [-0.4, -0.2) is 14.2 Å². The molecule has 0 aliphatic carbocycles. The minimum atomic E-state index is -0.667. The molecule has 0 unspecified atom stereocenters. The lowest BCUT2D eigenvalue weighted by molar-refractivity contribution is 0.355. The first-order chi connectivity index (χ1) is 9.60. The Hall–Kier alpha value is -2.14. The second kappa shape index (κ2) is 5.88. The smallest absolute Gasteiger partial charge is 0.168 e. The molecular weight excluding hydrogens is 264 g/mol. The van der Waals surface area contributed by atoms with Crippen LogP contribution in [0.5, 0.6) is 11.5 Å². The largest absolute Gasteiger partial charge is 0.493 e. The number of methoxy groups -OCH3 is 2. The minimum absolute atomic E-state index is 0.233. The minimum Gasteiger partial charge on any atom is -0.493 e. The molecule has 0 atom stereocenters. The highest BCUT2D eigenvalue weighted by Gasteiger charge is 2.17. The monoisotopic (exact) mass is 279 g/mol. The van der Waals surface area contributed by atoms with E-state index < -0.39 is 11.6 Å². The first-order valence-electron chi connectivity index (χ1n) is 6.01. The summed E-state index contributed by atoms with van der Waals surface area (Å²) in [5, 5.41) is 0. The van der Waals surface area contributed by atoms with Gasteiger partial charge < -0.3 is 15.2 Å². The SMILES string of the molecule is COc1cc(CN)cc(-c2ccc(F)cc2F)c1OC. The average Bonchev–Trinajstić information content (AvgIpc) is 2.45. The third-order valence-corrected chi connectivity index (χ3v) is 3.00. The van der Waals surface area contributed by atoms with Gasteiger partial charge >= 0.3 is 0 Å². The Morgan fingerprint density at radius 2 is 1.75 bits per heavy atom. The second-order valence-corrected chi connectivity index (χ2v) is 4.21. The van der Waals surface area contributed by atoms with Gasteiger partial charge in [-0.05, 0) is 29.8 Å². The van der Waals surface area contributed by atoms with Crippen LogP contribution in [0.1, 0.15) is 5.56 Å². The van der Waals surface area contributed by atoms with E-state index in [9.17, 15) is 8.78 Å². The van der Waals surface area contributed by atoms with Crippen LogP contribution in [0, 0.1) is 11.6 Å². The lowest BCUT2D eigenvalue weighted by Gasteiger charge is -2.15. The number of hydrogen-bond donors (Lipinski definition) is 1. The highest BCUT2D eigenvalue weighted by Crippen LogP contribution is 2.40. The molecule has 2 rings (SSSR count). The van der Waals surface area contributed by atoms with Crippen molar-refractivity contribution in [3.8, 4) is 22.6 Å². The normalized spacial score (nSPS) is 10.4. The van der Waals surface area contributed by atoms with Crippen molar-refractivity contribution in [3.63, 3.8) is 0 Å². The molecule has 0 amide bonds.